The predicted octanol–water partition coefficient (Wildman–Crippen LogP) is 4.70. The molecule has 0 bridgehead atoms. The number of fused-ring (bicyclic) bond motifs is 3. The fourth-order valence-corrected chi connectivity index (χ4v) is 5.47. The van der Waals surface area contributed by atoms with Crippen molar-refractivity contribution in [1.29, 1.82) is 0 Å². The Labute approximate surface area is 206 Å². The van der Waals surface area contributed by atoms with Crippen LogP contribution in [0.5, 0.6) is 0 Å². The summed E-state index contributed by atoms with van der Waals surface area (Å²) in [6.45, 7) is 2.46. The number of hydrogen-bond acceptors (Lipinski definition) is 4. The van der Waals surface area contributed by atoms with Gasteiger partial charge >= 0.3 is 12.1 Å². The van der Waals surface area contributed by atoms with Crippen molar-refractivity contribution in [1.82, 2.24) is 10.6 Å². The highest BCUT2D eigenvalue weighted by Gasteiger charge is 2.35. The number of aliphatic carboxylic acids is 1. The van der Waals surface area contributed by atoms with Gasteiger partial charge in [-0.3, -0.25) is 9.59 Å². The van der Waals surface area contributed by atoms with Crippen LogP contribution >= 0.6 is 0 Å². The molecule has 4 rings (SSSR count). The number of nitrogens with one attached hydrogen (secondary N) is 2. The van der Waals surface area contributed by atoms with Gasteiger partial charge < -0.3 is 20.5 Å². The Morgan fingerprint density at radius 1 is 0.971 bits per heavy atom. The molecule has 186 valence electrons. The average molecular weight is 479 g/mol. The van der Waals surface area contributed by atoms with E-state index in [4.69, 9.17) is 4.74 Å². The summed E-state index contributed by atoms with van der Waals surface area (Å²) in [7, 11) is 0. The molecule has 2 aromatic carbocycles. The Morgan fingerprint density at radius 2 is 1.57 bits per heavy atom. The summed E-state index contributed by atoms with van der Waals surface area (Å²) in [5.41, 5.74) is 4.25. The second-order valence-corrected chi connectivity index (χ2v) is 9.96. The monoisotopic (exact) mass is 478 g/mol. The van der Waals surface area contributed by atoms with Gasteiger partial charge in [-0.15, -0.1) is 0 Å². The first-order valence-corrected chi connectivity index (χ1v) is 12.5. The Hall–Kier alpha value is -3.35. The lowest BCUT2D eigenvalue weighted by molar-refractivity contribution is -0.141. The molecule has 0 saturated heterocycles. The summed E-state index contributed by atoms with van der Waals surface area (Å²) in [6.07, 6.45) is 4.22. The van der Waals surface area contributed by atoms with Crippen LogP contribution in [0.15, 0.2) is 48.5 Å². The molecule has 7 nitrogen and oxygen atoms in total. The number of hydrogen-bond donors (Lipinski definition) is 3. The topological polar surface area (TPSA) is 105 Å². The van der Waals surface area contributed by atoms with E-state index in [1.807, 2.05) is 24.3 Å². The molecular formula is C28H34N2O5. The Bertz CT molecular complexity index is 1030. The van der Waals surface area contributed by atoms with Gasteiger partial charge in [0, 0.05) is 19.0 Å². The van der Waals surface area contributed by atoms with Crippen molar-refractivity contribution in [2.45, 2.75) is 51.4 Å². The van der Waals surface area contributed by atoms with Crippen LogP contribution in [0.4, 0.5) is 4.79 Å². The van der Waals surface area contributed by atoms with Gasteiger partial charge in [-0.2, -0.15) is 0 Å². The van der Waals surface area contributed by atoms with Crippen molar-refractivity contribution in [2.75, 3.05) is 19.7 Å². The number of amides is 2. The smallest absolute Gasteiger partial charge is 0.407 e. The summed E-state index contributed by atoms with van der Waals surface area (Å²) < 4.78 is 5.54. The van der Waals surface area contributed by atoms with Crippen molar-refractivity contribution in [3.8, 4) is 11.1 Å². The van der Waals surface area contributed by atoms with Gasteiger partial charge in [-0.25, -0.2) is 4.79 Å². The van der Waals surface area contributed by atoms with Crippen LogP contribution in [-0.2, 0) is 14.3 Å². The first-order valence-electron chi connectivity index (χ1n) is 12.5. The fraction of sp³-hybridized carbons (Fsp3) is 0.464. The van der Waals surface area contributed by atoms with Crippen molar-refractivity contribution in [2.24, 2.45) is 11.3 Å². The fourth-order valence-electron chi connectivity index (χ4n) is 5.47. The maximum Gasteiger partial charge on any atom is 0.407 e. The van der Waals surface area contributed by atoms with Crippen LogP contribution in [0.3, 0.4) is 0 Å². The van der Waals surface area contributed by atoms with Crippen LogP contribution in [0, 0.1) is 11.3 Å². The van der Waals surface area contributed by atoms with E-state index < -0.39 is 18.0 Å². The zero-order valence-corrected chi connectivity index (χ0v) is 20.2. The van der Waals surface area contributed by atoms with Gasteiger partial charge in [0.15, 0.2) is 0 Å². The van der Waals surface area contributed by atoms with E-state index in [1.54, 1.807) is 6.92 Å². The highest BCUT2D eigenvalue weighted by Crippen LogP contribution is 2.44. The van der Waals surface area contributed by atoms with Crippen LogP contribution in [0.2, 0.25) is 0 Å². The predicted molar refractivity (Wildman–Crippen MR) is 133 cm³/mol. The number of carbonyl (C=O) groups is 3. The van der Waals surface area contributed by atoms with Gasteiger partial charge in [-0.1, -0.05) is 74.7 Å². The third kappa shape index (κ3) is 5.84. The molecule has 7 heteroatoms. The minimum absolute atomic E-state index is 0.0187. The second-order valence-electron chi connectivity index (χ2n) is 9.96. The molecule has 2 aliphatic rings. The maximum atomic E-state index is 12.6. The standard InChI is InChI=1S/C28H34N2O5/c1-19(26(33)30-18-28(15-25(31)32)13-7-2-8-14-28)16-29-27(34)35-17-24-22-11-5-3-9-20(22)21-10-4-6-12-23(21)24/h3-6,9-12,19,24H,2,7-8,13-18H2,1H3,(H,29,34)(H,30,33)(H,31,32). The average Bonchev–Trinajstić information content (AvgIpc) is 3.18. The molecular weight excluding hydrogens is 444 g/mol. The van der Waals surface area contributed by atoms with Crippen LogP contribution < -0.4 is 10.6 Å². The number of benzene rings is 2. The first kappa shape index (κ1) is 24.8. The van der Waals surface area contributed by atoms with E-state index in [9.17, 15) is 19.5 Å². The van der Waals surface area contributed by atoms with E-state index in [1.165, 1.54) is 11.1 Å². The molecule has 2 aliphatic carbocycles. The van der Waals surface area contributed by atoms with E-state index in [0.717, 1.165) is 43.2 Å². The lowest BCUT2D eigenvalue weighted by atomic mass is 9.71. The molecule has 0 spiro atoms. The van der Waals surface area contributed by atoms with Crippen molar-refractivity contribution >= 4 is 18.0 Å². The van der Waals surface area contributed by atoms with Crippen LogP contribution in [-0.4, -0.2) is 42.8 Å². The van der Waals surface area contributed by atoms with E-state index >= 15 is 0 Å². The molecule has 35 heavy (non-hydrogen) atoms. The zero-order chi connectivity index (χ0) is 24.8. The highest BCUT2D eigenvalue weighted by atomic mass is 16.5. The molecule has 1 atom stereocenters. The maximum absolute atomic E-state index is 12.6. The molecule has 1 unspecified atom stereocenters. The van der Waals surface area contributed by atoms with E-state index in [0.29, 0.717) is 6.54 Å². The van der Waals surface area contributed by atoms with Gasteiger partial charge in [0.1, 0.15) is 6.61 Å². The summed E-state index contributed by atoms with van der Waals surface area (Å²) in [6, 6.07) is 16.3. The summed E-state index contributed by atoms with van der Waals surface area (Å²) in [4.78, 5) is 36.4. The van der Waals surface area contributed by atoms with E-state index in [2.05, 4.69) is 34.9 Å². The zero-order valence-electron chi connectivity index (χ0n) is 20.2. The molecule has 1 fully saturated rings. The third-order valence-electron chi connectivity index (χ3n) is 7.42. The molecule has 0 heterocycles. The quantitative estimate of drug-likeness (QED) is 0.484. The van der Waals surface area contributed by atoms with Crippen molar-refractivity contribution in [3.63, 3.8) is 0 Å². The lowest BCUT2D eigenvalue weighted by Crippen LogP contribution is -2.44. The normalized spacial score (nSPS) is 17.1. The number of ether oxygens (including phenoxy) is 1. The van der Waals surface area contributed by atoms with Crippen LogP contribution in [0.25, 0.3) is 11.1 Å². The number of carbonyl (C=O) groups excluding carboxylic acids is 2. The minimum Gasteiger partial charge on any atom is -0.481 e. The number of carboxylic acid groups (broad SMARTS) is 1. The lowest BCUT2D eigenvalue weighted by Gasteiger charge is -2.36. The van der Waals surface area contributed by atoms with E-state index in [-0.39, 0.29) is 36.8 Å². The molecule has 3 N–H and O–H groups in total. The molecule has 0 aromatic heterocycles. The van der Waals surface area contributed by atoms with Crippen LogP contribution in [0.1, 0.15) is 62.5 Å². The highest BCUT2D eigenvalue weighted by molar-refractivity contribution is 5.80. The Morgan fingerprint density at radius 3 is 2.17 bits per heavy atom. The summed E-state index contributed by atoms with van der Waals surface area (Å²) in [5.74, 6) is -1.50. The molecule has 0 radical (unpaired) electrons. The molecule has 1 saturated carbocycles. The van der Waals surface area contributed by atoms with Gasteiger partial charge in [0.25, 0.3) is 0 Å². The SMILES string of the molecule is CC(CNC(=O)OCC1c2ccccc2-c2ccccc21)C(=O)NCC1(CC(=O)O)CCCCC1. The Kier molecular flexibility index (Phi) is 7.73. The third-order valence-corrected chi connectivity index (χ3v) is 7.42. The summed E-state index contributed by atoms with van der Waals surface area (Å²) in [5, 5.41) is 14.9. The summed E-state index contributed by atoms with van der Waals surface area (Å²) >= 11 is 0. The number of rotatable bonds is 9. The second kappa shape index (κ2) is 10.9. The largest absolute Gasteiger partial charge is 0.481 e. The Balaban J connectivity index is 1.25. The first-order chi connectivity index (χ1) is 16.9. The van der Waals surface area contributed by atoms with Crippen molar-refractivity contribution in [3.05, 3.63) is 59.7 Å². The molecule has 2 aromatic rings. The molecule has 2 amide bonds. The number of carboxylic acids is 1. The van der Waals surface area contributed by atoms with Gasteiger partial charge in [-0.05, 0) is 40.5 Å². The minimum atomic E-state index is -0.828. The van der Waals surface area contributed by atoms with Gasteiger partial charge in [0.2, 0.25) is 5.91 Å². The number of alkyl carbamates (subject to hydrolysis) is 1. The van der Waals surface area contributed by atoms with Gasteiger partial charge in [0.05, 0.1) is 12.3 Å². The molecule has 0 aliphatic heterocycles. The van der Waals surface area contributed by atoms with Crippen molar-refractivity contribution < 1.29 is 24.2 Å².